The fraction of sp³-hybridized carbons (Fsp3) is 0.444. The monoisotopic (exact) mass is 330 g/mol. The van der Waals surface area contributed by atoms with Crippen LogP contribution in [-0.2, 0) is 6.54 Å². The highest BCUT2D eigenvalue weighted by atomic mass is 16.3. The maximum Gasteiger partial charge on any atom is 0.320 e. The quantitative estimate of drug-likeness (QED) is 0.730. The van der Waals surface area contributed by atoms with Gasteiger partial charge in [-0.3, -0.25) is 5.32 Å². The Labute approximate surface area is 142 Å². The summed E-state index contributed by atoms with van der Waals surface area (Å²) in [5.74, 6) is 0.781. The molecule has 0 spiro atoms. The zero-order valence-corrected chi connectivity index (χ0v) is 14.5. The van der Waals surface area contributed by atoms with Gasteiger partial charge in [-0.1, -0.05) is 50.6 Å². The van der Waals surface area contributed by atoms with E-state index in [1.54, 1.807) is 4.68 Å². The SMILES string of the molecule is CCC(C)C(O)CNC(=O)Nc1cc(C)nn1Cc1ccccc1. The molecular formula is C18H26N4O2. The number of amides is 2. The van der Waals surface area contributed by atoms with Crippen LogP contribution >= 0.6 is 0 Å². The van der Waals surface area contributed by atoms with Gasteiger partial charge in [0.1, 0.15) is 5.82 Å². The van der Waals surface area contributed by atoms with E-state index in [2.05, 4.69) is 15.7 Å². The second-order valence-corrected chi connectivity index (χ2v) is 6.10. The molecule has 2 aromatic rings. The summed E-state index contributed by atoms with van der Waals surface area (Å²) in [4.78, 5) is 12.1. The molecule has 0 bridgehead atoms. The van der Waals surface area contributed by atoms with Crippen molar-refractivity contribution in [3.63, 3.8) is 0 Å². The number of hydrogen-bond acceptors (Lipinski definition) is 3. The molecule has 0 saturated heterocycles. The summed E-state index contributed by atoms with van der Waals surface area (Å²) < 4.78 is 1.76. The zero-order chi connectivity index (χ0) is 17.5. The van der Waals surface area contributed by atoms with Crippen LogP contribution in [0.3, 0.4) is 0 Å². The van der Waals surface area contributed by atoms with Crippen molar-refractivity contribution in [3.05, 3.63) is 47.7 Å². The number of aliphatic hydroxyl groups is 1. The number of rotatable bonds is 7. The molecule has 2 amide bonds. The Bertz CT molecular complexity index is 654. The predicted octanol–water partition coefficient (Wildman–Crippen LogP) is 2.77. The van der Waals surface area contributed by atoms with Gasteiger partial charge in [0.2, 0.25) is 0 Å². The van der Waals surface area contributed by atoms with Crippen LogP contribution in [0.4, 0.5) is 10.6 Å². The van der Waals surface area contributed by atoms with Crippen LogP contribution in [0.15, 0.2) is 36.4 Å². The predicted molar refractivity (Wildman–Crippen MR) is 95.0 cm³/mol. The zero-order valence-electron chi connectivity index (χ0n) is 14.5. The molecule has 2 atom stereocenters. The number of aromatic nitrogens is 2. The molecule has 0 fully saturated rings. The first-order valence-electron chi connectivity index (χ1n) is 8.31. The van der Waals surface area contributed by atoms with Gasteiger partial charge in [-0.15, -0.1) is 0 Å². The molecule has 6 nitrogen and oxygen atoms in total. The fourth-order valence-electron chi connectivity index (χ4n) is 2.35. The maximum absolute atomic E-state index is 12.1. The number of nitrogens with one attached hydrogen (secondary N) is 2. The largest absolute Gasteiger partial charge is 0.391 e. The summed E-state index contributed by atoms with van der Waals surface area (Å²) in [6, 6.07) is 11.4. The van der Waals surface area contributed by atoms with Gasteiger partial charge in [-0.2, -0.15) is 5.10 Å². The first-order valence-corrected chi connectivity index (χ1v) is 8.31. The smallest absolute Gasteiger partial charge is 0.320 e. The number of benzene rings is 1. The van der Waals surface area contributed by atoms with Crippen LogP contribution in [-0.4, -0.2) is 33.6 Å². The van der Waals surface area contributed by atoms with Crippen molar-refractivity contribution in [2.24, 2.45) is 5.92 Å². The van der Waals surface area contributed by atoms with E-state index >= 15 is 0 Å². The molecule has 6 heteroatoms. The van der Waals surface area contributed by atoms with Gasteiger partial charge in [0.15, 0.2) is 0 Å². The molecule has 1 heterocycles. The van der Waals surface area contributed by atoms with E-state index in [1.807, 2.05) is 57.2 Å². The van der Waals surface area contributed by atoms with E-state index < -0.39 is 6.10 Å². The Kier molecular flexibility index (Phi) is 6.37. The number of carbonyl (C=O) groups is 1. The molecule has 0 saturated carbocycles. The van der Waals surface area contributed by atoms with Crippen molar-refractivity contribution in [1.29, 1.82) is 0 Å². The average Bonchev–Trinajstić information content (AvgIpc) is 2.91. The van der Waals surface area contributed by atoms with Gasteiger partial charge < -0.3 is 10.4 Å². The number of aliphatic hydroxyl groups excluding tert-OH is 1. The van der Waals surface area contributed by atoms with Crippen molar-refractivity contribution >= 4 is 11.8 Å². The van der Waals surface area contributed by atoms with Gasteiger partial charge in [-0.25, -0.2) is 9.48 Å². The molecule has 2 rings (SSSR count). The van der Waals surface area contributed by atoms with Crippen molar-refractivity contribution in [2.75, 3.05) is 11.9 Å². The number of carbonyl (C=O) groups excluding carboxylic acids is 1. The molecule has 2 unspecified atom stereocenters. The van der Waals surface area contributed by atoms with E-state index in [4.69, 9.17) is 0 Å². The third kappa shape index (κ3) is 5.09. The molecule has 3 N–H and O–H groups in total. The Morgan fingerprint density at radius 3 is 2.71 bits per heavy atom. The summed E-state index contributed by atoms with van der Waals surface area (Å²) in [5, 5.41) is 19.9. The first-order chi connectivity index (χ1) is 11.5. The molecule has 130 valence electrons. The Morgan fingerprint density at radius 2 is 2.04 bits per heavy atom. The van der Waals surface area contributed by atoms with E-state index in [0.29, 0.717) is 12.4 Å². The van der Waals surface area contributed by atoms with Gasteiger partial charge in [0.05, 0.1) is 18.3 Å². The fourth-order valence-corrected chi connectivity index (χ4v) is 2.35. The highest BCUT2D eigenvalue weighted by molar-refractivity contribution is 5.88. The molecule has 1 aromatic heterocycles. The van der Waals surface area contributed by atoms with Crippen molar-refractivity contribution in [2.45, 2.75) is 39.8 Å². The molecule has 0 radical (unpaired) electrons. The minimum Gasteiger partial charge on any atom is -0.391 e. The lowest BCUT2D eigenvalue weighted by atomic mass is 10.0. The lowest BCUT2D eigenvalue weighted by Crippen LogP contribution is -2.38. The Balaban J connectivity index is 1.96. The van der Waals surface area contributed by atoms with Crippen molar-refractivity contribution in [1.82, 2.24) is 15.1 Å². The number of urea groups is 1. The number of anilines is 1. The minimum atomic E-state index is -0.545. The molecular weight excluding hydrogens is 304 g/mol. The standard InChI is InChI=1S/C18H26N4O2/c1-4-13(2)16(23)11-19-18(24)20-17-10-14(3)21-22(17)12-15-8-6-5-7-9-15/h5-10,13,16,23H,4,11-12H2,1-3H3,(H2,19,20,24). The topological polar surface area (TPSA) is 79.2 Å². The molecule has 0 aliphatic heterocycles. The van der Waals surface area contributed by atoms with Crippen LogP contribution < -0.4 is 10.6 Å². The van der Waals surface area contributed by atoms with Gasteiger partial charge in [0.25, 0.3) is 0 Å². The summed E-state index contributed by atoms with van der Waals surface area (Å²) in [5.41, 5.74) is 1.94. The third-order valence-corrected chi connectivity index (χ3v) is 4.09. The summed E-state index contributed by atoms with van der Waals surface area (Å²) in [7, 11) is 0. The summed E-state index contributed by atoms with van der Waals surface area (Å²) >= 11 is 0. The number of hydrogen-bond donors (Lipinski definition) is 3. The van der Waals surface area contributed by atoms with E-state index in [9.17, 15) is 9.90 Å². The highest BCUT2D eigenvalue weighted by Gasteiger charge is 2.14. The van der Waals surface area contributed by atoms with Crippen LogP contribution in [0, 0.1) is 12.8 Å². The highest BCUT2D eigenvalue weighted by Crippen LogP contribution is 2.13. The van der Waals surface area contributed by atoms with Crippen LogP contribution in [0.1, 0.15) is 31.5 Å². The van der Waals surface area contributed by atoms with Gasteiger partial charge in [0, 0.05) is 12.6 Å². The Hall–Kier alpha value is -2.34. The normalized spacial score (nSPS) is 13.3. The van der Waals surface area contributed by atoms with E-state index in [0.717, 1.165) is 17.7 Å². The average molecular weight is 330 g/mol. The van der Waals surface area contributed by atoms with E-state index in [-0.39, 0.29) is 18.5 Å². The lowest BCUT2D eigenvalue weighted by Gasteiger charge is -2.18. The molecule has 0 aliphatic rings. The van der Waals surface area contributed by atoms with Gasteiger partial charge in [-0.05, 0) is 18.4 Å². The summed E-state index contributed by atoms with van der Waals surface area (Å²) in [6.07, 6.45) is 0.324. The summed E-state index contributed by atoms with van der Waals surface area (Å²) in [6.45, 7) is 6.67. The molecule has 0 aliphatic carbocycles. The van der Waals surface area contributed by atoms with E-state index in [1.165, 1.54) is 0 Å². The number of aryl methyl sites for hydroxylation is 1. The maximum atomic E-state index is 12.1. The second kappa shape index (κ2) is 8.49. The Morgan fingerprint density at radius 1 is 1.33 bits per heavy atom. The van der Waals surface area contributed by atoms with Crippen molar-refractivity contribution < 1.29 is 9.90 Å². The van der Waals surface area contributed by atoms with Crippen molar-refractivity contribution in [3.8, 4) is 0 Å². The van der Waals surface area contributed by atoms with Crippen LogP contribution in [0.2, 0.25) is 0 Å². The van der Waals surface area contributed by atoms with Crippen LogP contribution in [0.5, 0.6) is 0 Å². The second-order valence-electron chi connectivity index (χ2n) is 6.10. The van der Waals surface area contributed by atoms with Crippen LogP contribution in [0.25, 0.3) is 0 Å². The molecule has 1 aromatic carbocycles. The molecule has 24 heavy (non-hydrogen) atoms. The third-order valence-electron chi connectivity index (χ3n) is 4.09. The number of nitrogens with zero attached hydrogens (tertiary/aromatic N) is 2. The van der Waals surface area contributed by atoms with Gasteiger partial charge >= 0.3 is 6.03 Å². The first kappa shape index (κ1) is 18.0. The lowest BCUT2D eigenvalue weighted by molar-refractivity contribution is 0.115. The minimum absolute atomic E-state index is 0.149.